The van der Waals surface area contributed by atoms with E-state index in [0.29, 0.717) is 23.8 Å². The standard InChI is InChI=1S/C17H18BrClN2O/c1-12-3-8-16(15(19)9-12)20-17(22)11-21(2)10-13-4-6-14(18)7-5-13/h3-9H,10-11H2,1-2H3,(H,20,22). The minimum absolute atomic E-state index is 0.0784. The molecule has 0 aliphatic carbocycles. The number of benzene rings is 2. The molecule has 0 atom stereocenters. The fourth-order valence-corrected chi connectivity index (χ4v) is 2.66. The summed E-state index contributed by atoms with van der Waals surface area (Å²) in [6.07, 6.45) is 0. The molecule has 1 N–H and O–H groups in total. The molecule has 2 aromatic rings. The highest BCUT2D eigenvalue weighted by Gasteiger charge is 2.09. The van der Waals surface area contributed by atoms with Crippen molar-refractivity contribution in [2.75, 3.05) is 18.9 Å². The molecule has 22 heavy (non-hydrogen) atoms. The van der Waals surface area contributed by atoms with Crippen LogP contribution in [0.2, 0.25) is 5.02 Å². The summed E-state index contributed by atoms with van der Waals surface area (Å²) in [5.41, 5.74) is 2.87. The van der Waals surface area contributed by atoms with Crippen molar-refractivity contribution in [3.8, 4) is 0 Å². The molecule has 0 fully saturated rings. The average Bonchev–Trinajstić information content (AvgIpc) is 2.44. The Balaban J connectivity index is 1.89. The molecule has 5 heteroatoms. The van der Waals surface area contributed by atoms with Crippen LogP contribution in [0.25, 0.3) is 0 Å². The number of aryl methyl sites for hydroxylation is 1. The molecule has 0 aliphatic rings. The fourth-order valence-electron chi connectivity index (χ4n) is 2.11. The summed E-state index contributed by atoms with van der Waals surface area (Å²) in [5.74, 6) is -0.0784. The first-order valence-electron chi connectivity index (χ1n) is 6.93. The van der Waals surface area contributed by atoms with E-state index in [2.05, 4.69) is 21.2 Å². The molecule has 2 aromatic carbocycles. The number of likely N-dealkylation sites (N-methyl/N-ethyl adjacent to an activating group) is 1. The molecule has 0 saturated heterocycles. The lowest BCUT2D eigenvalue weighted by molar-refractivity contribution is -0.117. The van der Waals surface area contributed by atoms with E-state index in [9.17, 15) is 4.79 Å². The maximum atomic E-state index is 12.1. The van der Waals surface area contributed by atoms with E-state index in [1.165, 1.54) is 0 Å². The van der Waals surface area contributed by atoms with Gasteiger partial charge in [0, 0.05) is 11.0 Å². The van der Waals surface area contributed by atoms with Crippen molar-refractivity contribution < 1.29 is 4.79 Å². The van der Waals surface area contributed by atoms with Gasteiger partial charge < -0.3 is 5.32 Å². The van der Waals surface area contributed by atoms with Crippen LogP contribution in [0.1, 0.15) is 11.1 Å². The highest BCUT2D eigenvalue weighted by atomic mass is 79.9. The third kappa shape index (κ3) is 5.13. The van der Waals surface area contributed by atoms with E-state index in [1.54, 1.807) is 0 Å². The topological polar surface area (TPSA) is 32.3 Å². The summed E-state index contributed by atoms with van der Waals surface area (Å²) in [7, 11) is 1.92. The number of hydrogen-bond acceptors (Lipinski definition) is 2. The lowest BCUT2D eigenvalue weighted by Crippen LogP contribution is -2.29. The van der Waals surface area contributed by atoms with Gasteiger partial charge in [0.15, 0.2) is 0 Å². The van der Waals surface area contributed by atoms with Crippen LogP contribution < -0.4 is 5.32 Å². The Labute approximate surface area is 144 Å². The van der Waals surface area contributed by atoms with E-state index >= 15 is 0 Å². The zero-order valence-corrected chi connectivity index (χ0v) is 14.9. The number of rotatable bonds is 5. The van der Waals surface area contributed by atoms with Gasteiger partial charge in [-0.25, -0.2) is 0 Å². The Kier molecular flexibility index (Phi) is 6.00. The van der Waals surface area contributed by atoms with Gasteiger partial charge >= 0.3 is 0 Å². The van der Waals surface area contributed by atoms with Crippen molar-refractivity contribution in [2.24, 2.45) is 0 Å². The summed E-state index contributed by atoms with van der Waals surface area (Å²) >= 11 is 9.53. The third-order valence-electron chi connectivity index (χ3n) is 3.18. The summed E-state index contributed by atoms with van der Waals surface area (Å²) in [5, 5.41) is 3.40. The smallest absolute Gasteiger partial charge is 0.238 e. The van der Waals surface area contributed by atoms with E-state index in [0.717, 1.165) is 15.6 Å². The SMILES string of the molecule is Cc1ccc(NC(=O)CN(C)Cc2ccc(Br)cc2)c(Cl)c1. The molecule has 0 saturated carbocycles. The molecule has 0 unspecified atom stereocenters. The van der Waals surface area contributed by atoms with Crippen LogP contribution >= 0.6 is 27.5 Å². The molecular formula is C17H18BrClN2O. The maximum Gasteiger partial charge on any atom is 0.238 e. The van der Waals surface area contributed by atoms with Crippen molar-refractivity contribution in [1.82, 2.24) is 4.90 Å². The normalized spacial score (nSPS) is 10.8. The van der Waals surface area contributed by atoms with Crippen molar-refractivity contribution >= 4 is 39.1 Å². The summed E-state index contributed by atoms with van der Waals surface area (Å²) < 4.78 is 1.05. The zero-order chi connectivity index (χ0) is 16.1. The maximum absolute atomic E-state index is 12.1. The number of hydrogen-bond donors (Lipinski definition) is 1. The van der Waals surface area contributed by atoms with Crippen LogP contribution in [0.5, 0.6) is 0 Å². The first-order valence-corrected chi connectivity index (χ1v) is 8.10. The van der Waals surface area contributed by atoms with Crippen molar-refractivity contribution in [2.45, 2.75) is 13.5 Å². The molecule has 2 rings (SSSR count). The number of anilines is 1. The molecule has 1 amide bonds. The molecular weight excluding hydrogens is 364 g/mol. The van der Waals surface area contributed by atoms with Gasteiger partial charge in [-0.05, 0) is 49.4 Å². The number of carbonyl (C=O) groups is 1. The quantitative estimate of drug-likeness (QED) is 0.828. The highest BCUT2D eigenvalue weighted by molar-refractivity contribution is 9.10. The van der Waals surface area contributed by atoms with Crippen LogP contribution in [0.3, 0.4) is 0 Å². The third-order valence-corrected chi connectivity index (χ3v) is 4.02. The van der Waals surface area contributed by atoms with E-state index in [4.69, 9.17) is 11.6 Å². The van der Waals surface area contributed by atoms with Crippen LogP contribution in [0, 0.1) is 6.92 Å². The second kappa shape index (κ2) is 7.77. The zero-order valence-electron chi connectivity index (χ0n) is 12.6. The summed E-state index contributed by atoms with van der Waals surface area (Å²) in [6, 6.07) is 13.6. The molecule has 0 radical (unpaired) electrons. The Morgan fingerprint density at radius 1 is 1.23 bits per heavy atom. The molecule has 0 aromatic heterocycles. The Morgan fingerprint density at radius 3 is 2.55 bits per heavy atom. The van der Waals surface area contributed by atoms with Crippen molar-refractivity contribution in [1.29, 1.82) is 0 Å². The van der Waals surface area contributed by atoms with Gasteiger partial charge in [0.1, 0.15) is 0 Å². The van der Waals surface area contributed by atoms with Crippen LogP contribution in [-0.2, 0) is 11.3 Å². The van der Waals surface area contributed by atoms with Crippen LogP contribution in [-0.4, -0.2) is 24.4 Å². The molecule has 116 valence electrons. The van der Waals surface area contributed by atoms with Crippen molar-refractivity contribution in [3.63, 3.8) is 0 Å². The molecule has 0 spiro atoms. The number of carbonyl (C=O) groups excluding carboxylic acids is 1. The number of halogens is 2. The van der Waals surface area contributed by atoms with E-state index in [-0.39, 0.29) is 5.91 Å². The molecule has 3 nitrogen and oxygen atoms in total. The predicted molar refractivity (Wildman–Crippen MR) is 95.3 cm³/mol. The van der Waals surface area contributed by atoms with E-state index in [1.807, 2.05) is 61.3 Å². The first kappa shape index (κ1) is 17.0. The highest BCUT2D eigenvalue weighted by Crippen LogP contribution is 2.22. The lowest BCUT2D eigenvalue weighted by atomic mass is 10.2. The van der Waals surface area contributed by atoms with E-state index < -0.39 is 0 Å². The minimum atomic E-state index is -0.0784. The molecule has 0 aliphatic heterocycles. The lowest BCUT2D eigenvalue weighted by Gasteiger charge is -2.17. The summed E-state index contributed by atoms with van der Waals surface area (Å²) in [4.78, 5) is 14.0. The number of nitrogens with zero attached hydrogens (tertiary/aromatic N) is 1. The Hall–Kier alpha value is -1.36. The largest absolute Gasteiger partial charge is 0.324 e. The Morgan fingerprint density at radius 2 is 1.91 bits per heavy atom. The number of nitrogens with one attached hydrogen (secondary N) is 1. The van der Waals surface area contributed by atoms with Gasteiger partial charge in [0.2, 0.25) is 5.91 Å². The Bertz CT molecular complexity index is 658. The van der Waals surface area contributed by atoms with Gasteiger partial charge in [-0.1, -0.05) is 45.7 Å². The second-order valence-corrected chi connectivity index (χ2v) is 6.65. The van der Waals surface area contributed by atoms with Gasteiger partial charge in [-0.3, -0.25) is 9.69 Å². The van der Waals surface area contributed by atoms with Crippen molar-refractivity contribution in [3.05, 3.63) is 63.1 Å². The van der Waals surface area contributed by atoms with Crippen LogP contribution in [0.15, 0.2) is 46.9 Å². The molecule has 0 heterocycles. The van der Waals surface area contributed by atoms with Gasteiger partial charge in [-0.15, -0.1) is 0 Å². The predicted octanol–water partition coefficient (Wildman–Crippen LogP) is 4.48. The van der Waals surface area contributed by atoms with Gasteiger partial charge in [0.05, 0.1) is 17.3 Å². The fraction of sp³-hybridized carbons (Fsp3) is 0.235. The summed E-state index contributed by atoms with van der Waals surface area (Å²) in [6.45, 7) is 2.98. The second-order valence-electron chi connectivity index (χ2n) is 5.33. The molecule has 0 bridgehead atoms. The average molecular weight is 382 g/mol. The monoisotopic (exact) mass is 380 g/mol. The van der Waals surface area contributed by atoms with Gasteiger partial charge in [-0.2, -0.15) is 0 Å². The van der Waals surface area contributed by atoms with Crippen LogP contribution in [0.4, 0.5) is 5.69 Å². The number of amides is 1. The minimum Gasteiger partial charge on any atom is -0.324 e. The van der Waals surface area contributed by atoms with Gasteiger partial charge in [0.25, 0.3) is 0 Å². The first-order chi connectivity index (χ1) is 10.4.